The Balaban J connectivity index is 3.59. The lowest BCUT2D eigenvalue weighted by Crippen LogP contribution is -1.89. The van der Waals surface area contributed by atoms with E-state index in [9.17, 15) is 0 Å². The van der Waals surface area contributed by atoms with Crippen molar-refractivity contribution in [2.24, 2.45) is 11.8 Å². The summed E-state index contributed by atoms with van der Waals surface area (Å²) in [5.41, 5.74) is 1.55. The van der Waals surface area contributed by atoms with E-state index < -0.39 is 0 Å². The molecule has 0 fully saturated rings. The molecule has 66 valence electrons. The molecule has 11 heavy (non-hydrogen) atoms. The molecule has 0 radical (unpaired) electrons. The van der Waals surface area contributed by atoms with Crippen molar-refractivity contribution in [1.29, 1.82) is 0 Å². The number of allylic oxidation sites excluding steroid dienone is 2. The summed E-state index contributed by atoms with van der Waals surface area (Å²) >= 11 is 0. The van der Waals surface area contributed by atoms with Crippen molar-refractivity contribution in [3.05, 3.63) is 11.6 Å². The van der Waals surface area contributed by atoms with Gasteiger partial charge in [-0.2, -0.15) is 0 Å². The minimum atomic E-state index is 0.710. The fourth-order valence-corrected chi connectivity index (χ4v) is 1.17. The van der Waals surface area contributed by atoms with Gasteiger partial charge in [0.1, 0.15) is 0 Å². The Hall–Kier alpha value is -0.260. The predicted molar refractivity (Wildman–Crippen MR) is 52.7 cm³/mol. The molecule has 0 aromatic rings. The van der Waals surface area contributed by atoms with Gasteiger partial charge in [0.2, 0.25) is 0 Å². The minimum absolute atomic E-state index is 0.710. The highest BCUT2D eigenvalue weighted by molar-refractivity contribution is 4.99. The monoisotopic (exact) mass is 154 g/mol. The van der Waals surface area contributed by atoms with E-state index in [0.717, 1.165) is 5.92 Å². The summed E-state index contributed by atoms with van der Waals surface area (Å²) in [5.74, 6) is 1.55. The number of hydrogen-bond acceptors (Lipinski definition) is 0. The normalized spacial score (nSPS) is 13.2. The van der Waals surface area contributed by atoms with Crippen molar-refractivity contribution >= 4 is 0 Å². The van der Waals surface area contributed by atoms with Crippen molar-refractivity contribution in [2.45, 2.75) is 47.5 Å². The van der Waals surface area contributed by atoms with E-state index in [-0.39, 0.29) is 0 Å². The van der Waals surface area contributed by atoms with E-state index in [1.165, 1.54) is 12.8 Å². The Bertz CT molecular complexity index is 118. The summed E-state index contributed by atoms with van der Waals surface area (Å²) in [6.45, 7) is 11.3. The van der Waals surface area contributed by atoms with Crippen LogP contribution in [0.2, 0.25) is 0 Å². The largest absolute Gasteiger partial charge is 0.0830 e. The van der Waals surface area contributed by atoms with Gasteiger partial charge in [0.15, 0.2) is 0 Å². The van der Waals surface area contributed by atoms with Crippen molar-refractivity contribution in [3.63, 3.8) is 0 Å². The molecule has 0 unspecified atom stereocenters. The topological polar surface area (TPSA) is 0 Å². The molecule has 0 amide bonds. The van der Waals surface area contributed by atoms with E-state index in [0.29, 0.717) is 5.92 Å². The van der Waals surface area contributed by atoms with Gasteiger partial charge < -0.3 is 0 Å². The van der Waals surface area contributed by atoms with Gasteiger partial charge >= 0.3 is 0 Å². The smallest absolute Gasteiger partial charge is 0.0288 e. The van der Waals surface area contributed by atoms with Gasteiger partial charge in [-0.25, -0.2) is 0 Å². The van der Waals surface area contributed by atoms with E-state index in [2.05, 4.69) is 40.7 Å². The van der Waals surface area contributed by atoms with Crippen LogP contribution in [-0.2, 0) is 0 Å². The first kappa shape index (κ1) is 10.7. The van der Waals surface area contributed by atoms with Gasteiger partial charge in [0.05, 0.1) is 0 Å². The summed E-state index contributed by atoms with van der Waals surface area (Å²) in [6.07, 6.45) is 4.97. The van der Waals surface area contributed by atoms with Crippen LogP contribution in [-0.4, -0.2) is 0 Å². The molecule has 0 aliphatic rings. The maximum atomic E-state index is 2.36. The molecule has 0 N–H and O–H groups in total. The molecule has 0 aromatic carbocycles. The third-order valence-corrected chi connectivity index (χ3v) is 1.73. The zero-order valence-corrected chi connectivity index (χ0v) is 8.65. The van der Waals surface area contributed by atoms with E-state index >= 15 is 0 Å². The lowest BCUT2D eigenvalue weighted by Gasteiger charge is -2.05. The van der Waals surface area contributed by atoms with E-state index in [1.807, 2.05) is 0 Å². The third kappa shape index (κ3) is 7.64. The van der Waals surface area contributed by atoms with Crippen LogP contribution in [0.1, 0.15) is 47.5 Å². The number of hydrogen-bond donors (Lipinski definition) is 0. The molecular formula is C11H22. The van der Waals surface area contributed by atoms with Crippen molar-refractivity contribution < 1.29 is 0 Å². The van der Waals surface area contributed by atoms with E-state index in [1.54, 1.807) is 5.57 Å². The molecule has 0 aliphatic carbocycles. The second kappa shape index (κ2) is 5.40. The Kier molecular flexibility index (Phi) is 5.27. The first-order valence-corrected chi connectivity index (χ1v) is 4.69. The third-order valence-electron chi connectivity index (χ3n) is 1.73. The molecule has 0 aliphatic heterocycles. The summed E-state index contributed by atoms with van der Waals surface area (Å²) in [5, 5.41) is 0. The average molecular weight is 154 g/mol. The summed E-state index contributed by atoms with van der Waals surface area (Å²) in [4.78, 5) is 0. The summed E-state index contributed by atoms with van der Waals surface area (Å²) in [7, 11) is 0. The molecule has 0 heterocycles. The van der Waals surface area contributed by atoms with Crippen molar-refractivity contribution in [3.8, 4) is 0 Å². The SMILES string of the molecule is CC(=CC(C)C)CCC(C)C. The predicted octanol–water partition coefficient (Wildman–Crippen LogP) is 4.02. The second-order valence-corrected chi connectivity index (χ2v) is 4.19. The van der Waals surface area contributed by atoms with Crippen LogP contribution in [0.25, 0.3) is 0 Å². The molecule has 0 nitrogen and oxygen atoms in total. The Labute approximate surface area is 71.7 Å². The first-order valence-electron chi connectivity index (χ1n) is 4.69. The molecule has 0 bridgehead atoms. The van der Waals surface area contributed by atoms with Crippen LogP contribution in [0.5, 0.6) is 0 Å². The standard InChI is InChI=1S/C11H22/c1-9(2)6-7-11(5)8-10(3)4/h8-10H,6-7H2,1-5H3. The summed E-state index contributed by atoms with van der Waals surface area (Å²) < 4.78 is 0. The Morgan fingerprint density at radius 2 is 1.73 bits per heavy atom. The lowest BCUT2D eigenvalue weighted by atomic mass is 10.0. The van der Waals surface area contributed by atoms with Gasteiger partial charge in [0, 0.05) is 0 Å². The number of rotatable bonds is 4. The first-order chi connectivity index (χ1) is 5.02. The Morgan fingerprint density at radius 1 is 1.18 bits per heavy atom. The van der Waals surface area contributed by atoms with Gasteiger partial charge in [0.25, 0.3) is 0 Å². The maximum Gasteiger partial charge on any atom is -0.0288 e. The average Bonchev–Trinajstić information content (AvgIpc) is 1.82. The quantitative estimate of drug-likeness (QED) is 0.536. The van der Waals surface area contributed by atoms with Crippen LogP contribution in [0.4, 0.5) is 0 Å². The molecule has 0 saturated carbocycles. The van der Waals surface area contributed by atoms with E-state index in [4.69, 9.17) is 0 Å². The van der Waals surface area contributed by atoms with Crippen LogP contribution < -0.4 is 0 Å². The van der Waals surface area contributed by atoms with Crippen LogP contribution in [0.15, 0.2) is 11.6 Å². The molecule has 0 rings (SSSR count). The maximum absolute atomic E-state index is 2.36. The van der Waals surface area contributed by atoms with Gasteiger partial charge in [-0.05, 0) is 31.6 Å². The van der Waals surface area contributed by atoms with Crippen molar-refractivity contribution in [1.82, 2.24) is 0 Å². The highest BCUT2D eigenvalue weighted by atomic mass is 14.0. The van der Waals surface area contributed by atoms with Gasteiger partial charge in [-0.3, -0.25) is 0 Å². The molecule has 0 aromatic heterocycles. The zero-order chi connectivity index (χ0) is 8.85. The fraction of sp³-hybridized carbons (Fsp3) is 0.818. The lowest BCUT2D eigenvalue weighted by molar-refractivity contribution is 0.582. The highest BCUT2D eigenvalue weighted by Crippen LogP contribution is 2.12. The molecule has 0 spiro atoms. The molecular weight excluding hydrogens is 132 g/mol. The minimum Gasteiger partial charge on any atom is -0.0830 e. The highest BCUT2D eigenvalue weighted by Gasteiger charge is 1.95. The molecule has 0 saturated heterocycles. The second-order valence-electron chi connectivity index (χ2n) is 4.19. The van der Waals surface area contributed by atoms with Crippen LogP contribution in [0, 0.1) is 11.8 Å². The Morgan fingerprint density at radius 3 is 2.09 bits per heavy atom. The zero-order valence-electron chi connectivity index (χ0n) is 8.65. The molecule has 0 heteroatoms. The fourth-order valence-electron chi connectivity index (χ4n) is 1.17. The van der Waals surface area contributed by atoms with Crippen LogP contribution in [0.3, 0.4) is 0 Å². The molecule has 0 atom stereocenters. The van der Waals surface area contributed by atoms with Crippen LogP contribution >= 0.6 is 0 Å². The van der Waals surface area contributed by atoms with Crippen molar-refractivity contribution in [2.75, 3.05) is 0 Å². The summed E-state index contributed by atoms with van der Waals surface area (Å²) in [6, 6.07) is 0. The van der Waals surface area contributed by atoms with Gasteiger partial charge in [-0.15, -0.1) is 0 Å². The van der Waals surface area contributed by atoms with Gasteiger partial charge in [-0.1, -0.05) is 39.3 Å².